The highest BCUT2D eigenvalue weighted by Gasteiger charge is 2.42. The van der Waals surface area contributed by atoms with Gasteiger partial charge in [0.25, 0.3) is 5.91 Å². The van der Waals surface area contributed by atoms with E-state index in [9.17, 15) is 14.4 Å². The minimum absolute atomic E-state index is 0.106. The summed E-state index contributed by atoms with van der Waals surface area (Å²) >= 11 is 0. The maximum atomic E-state index is 13.3. The topological polar surface area (TPSA) is 69.7 Å². The van der Waals surface area contributed by atoms with E-state index in [0.29, 0.717) is 24.2 Å². The number of hydrogen-bond acceptors (Lipinski definition) is 3. The summed E-state index contributed by atoms with van der Waals surface area (Å²) in [6, 6.07) is 14.5. The van der Waals surface area contributed by atoms with Crippen LogP contribution in [0.5, 0.6) is 0 Å². The molecule has 2 aliphatic rings. The highest BCUT2D eigenvalue weighted by molar-refractivity contribution is 6.13. The number of fused-ring (bicyclic) bond motifs is 2. The molecule has 1 fully saturated rings. The molecule has 0 saturated carbocycles. The quantitative estimate of drug-likeness (QED) is 0.871. The summed E-state index contributed by atoms with van der Waals surface area (Å²) in [6.45, 7) is 4.26. The number of nitrogens with one attached hydrogen (secondary N) is 1. The van der Waals surface area contributed by atoms with Crippen molar-refractivity contribution in [2.24, 2.45) is 0 Å². The number of anilines is 1. The van der Waals surface area contributed by atoms with E-state index >= 15 is 0 Å². The predicted molar refractivity (Wildman–Crippen MR) is 111 cm³/mol. The van der Waals surface area contributed by atoms with E-state index in [4.69, 9.17) is 0 Å². The molecule has 1 N–H and O–H groups in total. The van der Waals surface area contributed by atoms with Crippen LogP contribution in [0.3, 0.4) is 0 Å². The molecule has 0 radical (unpaired) electrons. The summed E-state index contributed by atoms with van der Waals surface area (Å²) in [4.78, 5) is 42.4. The average Bonchev–Trinajstić information content (AvgIpc) is 3.19. The zero-order chi connectivity index (χ0) is 20.5. The van der Waals surface area contributed by atoms with Crippen LogP contribution in [0.4, 0.5) is 5.69 Å². The molecular formula is C23H25N3O3. The van der Waals surface area contributed by atoms with E-state index in [1.165, 1.54) is 4.90 Å². The first kappa shape index (κ1) is 19.2. The van der Waals surface area contributed by atoms with Gasteiger partial charge in [-0.3, -0.25) is 14.4 Å². The SMILES string of the molecule is Cc1cccc2c1N(CC(=O)N[C@@H](C)c1ccccc1)C(=O)[C@@H]1CCCN1C2=O. The first-order valence-electron chi connectivity index (χ1n) is 10.0. The molecule has 6 nitrogen and oxygen atoms in total. The molecule has 3 amide bonds. The standard InChI is InChI=1S/C23H25N3O3/c1-15-8-6-11-18-21(15)26(23(29)19-12-7-13-25(19)22(18)28)14-20(27)24-16(2)17-9-4-3-5-10-17/h3-6,8-11,16,19H,7,12-14H2,1-2H3,(H,24,27)/t16-,19-/m0/s1. The smallest absolute Gasteiger partial charge is 0.256 e. The largest absolute Gasteiger partial charge is 0.348 e. The van der Waals surface area contributed by atoms with Gasteiger partial charge >= 0.3 is 0 Å². The molecular weight excluding hydrogens is 366 g/mol. The van der Waals surface area contributed by atoms with Gasteiger partial charge in [0, 0.05) is 6.54 Å². The van der Waals surface area contributed by atoms with E-state index in [0.717, 1.165) is 17.5 Å². The molecule has 2 aliphatic heterocycles. The van der Waals surface area contributed by atoms with Crippen LogP contribution in [0.2, 0.25) is 0 Å². The summed E-state index contributed by atoms with van der Waals surface area (Å²) in [5.41, 5.74) is 2.86. The second-order valence-electron chi connectivity index (χ2n) is 7.75. The Labute approximate surface area is 170 Å². The van der Waals surface area contributed by atoms with Crippen molar-refractivity contribution >= 4 is 23.4 Å². The molecule has 0 aromatic heterocycles. The normalized spacial score (nSPS) is 19.4. The van der Waals surface area contributed by atoms with Gasteiger partial charge in [-0.1, -0.05) is 42.5 Å². The maximum Gasteiger partial charge on any atom is 0.256 e. The third-order valence-electron chi connectivity index (χ3n) is 5.78. The molecule has 2 atom stereocenters. The maximum absolute atomic E-state index is 13.3. The van der Waals surface area contributed by atoms with E-state index in [-0.39, 0.29) is 30.3 Å². The highest BCUT2D eigenvalue weighted by Crippen LogP contribution is 2.34. The van der Waals surface area contributed by atoms with Crippen LogP contribution in [0.15, 0.2) is 48.5 Å². The van der Waals surface area contributed by atoms with Gasteiger partial charge in [0.05, 0.1) is 17.3 Å². The molecule has 29 heavy (non-hydrogen) atoms. The molecule has 0 spiro atoms. The number of aryl methyl sites for hydroxylation is 1. The lowest BCUT2D eigenvalue weighted by Gasteiger charge is -2.27. The lowest BCUT2D eigenvalue weighted by molar-refractivity contribution is -0.126. The summed E-state index contributed by atoms with van der Waals surface area (Å²) in [5.74, 6) is -0.547. The second kappa shape index (κ2) is 7.70. The molecule has 0 aliphatic carbocycles. The van der Waals surface area contributed by atoms with Crippen molar-refractivity contribution in [3.05, 3.63) is 65.2 Å². The fourth-order valence-corrected chi connectivity index (χ4v) is 4.31. The van der Waals surface area contributed by atoms with Crippen molar-refractivity contribution in [2.75, 3.05) is 18.0 Å². The van der Waals surface area contributed by atoms with Gasteiger partial charge in [-0.25, -0.2) is 0 Å². The zero-order valence-electron chi connectivity index (χ0n) is 16.7. The molecule has 2 aromatic carbocycles. The molecule has 4 rings (SSSR count). The Morgan fingerprint density at radius 2 is 1.90 bits per heavy atom. The Morgan fingerprint density at radius 1 is 1.14 bits per heavy atom. The van der Waals surface area contributed by atoms with Gasteiger partial charge in [-0.05, 0) is 43.9 Å². The number of benzene rings is 2. The Balaban J connectivity index is 1.63. The van der Waals surface area contributed by atoms with E-state index in [1.807, 2.05) is 56.3 Å². The van der Waals surface area contributed by atoms with Crippen molar-refractivity contribution in [1.29, 1.82) is 0 Å². The third-order valence-corrected chi connectivity index (χ3v) is 5.78. The lowest BCUT2D eigenvalue weighted by Crippen LogP contribution is -2.48. The minimum Gasteiger partial charge on any atom is -0.348 e. The average molecular weight is 391 g/mol. The van der Waals surface area contributed by atoms with Crippen molar-refractivity contribution < 1.29 is 14.4 Å². The van der Waals surface area contributed by atoms with Gasteiger partial charge < -0.3 is 15.1 Å². The summed E-state index contributed by atoms with van der Waals surface area (Å²) in [6.07, 6.45) is 1.44. The zero-order valence-corrected chi connectivity index (χ0v) is 16.7. The molecule has 2 heterocycles. The van der Waals surface area contributed by atoms with Gasteiger partial charge in [0.1, 0.15) is 12.6 Å². The van der Waals surface area contributed by atoms with Crippen molar-refractivity contribution in [1.82, 2.24) is 10.2 Å². The van der Waals surface area contributed by atoms with Crippen molar-refractivity contribution in [3.63, 3.8) is 0 Å². The number of hydrogen-bond donors (Lipinski definition) is 1. The molecule has 6 heteroatoms. The van der Waals surface area contributed by atoms with Crippen LogP contribution >= 0.6 is 0 Å². The fraction of sp³-hybridized carbons (Fsp3) is 0.348. The van der Waals surface area contributed by atoms with Crippen LogP contribution in [0.25, 0.3) is 0 Å². The van der Waals surface area contributed by atoms with Gasteiger partial charge in [-0.2, -0.15) is 0 Å². The van der Waals surface area contributed by atoms with Crippen molar-refractivity contribution in [2.45, 2.75) is 38.8 Å². The molecule has 0 unspecified atom stereocenters. The molecule has 0 bridgehead atoms. The highest BCUT2D eigenvalue weighted by atomic mass is 16.2. The number of nitrogens with zero attached hydrogens (tertiary/aromatic N) is 2. The van der Waals surface area contributed by atoms with E-state index in [2.05, 4.69) is 5.32 Å². The number of amides is 3. The van der Waals surface area contributed by atoms with Crippen LogP contribution in [-0.4, -0.2) is 41.8 Å². The molecule has 1 saturated heterocycles. The Hall–Kier alpha value is -3.15. The minimum atomic E-state index is -0.492. The second-order valence-corrected chi connectivity index (χ2v) is 7.75. The fourth-order valence-electron chi connectivity index (χ4n) is 4.31. The number of carbonyl (C=O) groups excluding carboxylic acids is 3. The first-order valence-corrected chi connectivity index (χ1v) is 10.0. The Morgan fingerprint density at radius 3 is 2.66 bits per heavy atom. The van der Waals surface area contributed by atoms with E-state index < -0.39 is 6.04 Å². The van der Waals surface area contributed by atoms with Gasteiger partial charge in [0.15, 0.2) is 0 Å². The Bertz CT molecular complexity index is 957. The molecule has 150 valence electrons. The monoisotopic (exact) mass is 391 g/mol. The van der Waals surface area contributed by atoms with Gasteiger partial charge in [0.2, 0.25) is 11.8 Å². The third kappa shape index (κ3) is 3.50. The van der Waals surface area contributed by atoms with Gasteiger partial charge in [-0.15, -0.1) is 0 Å². The predicted octanol–water partition coefficient (Wildman–Crippen LogP) is 2.82. The molecule has 2 aromatic rings. The van der Waals surface area contributed by atoms with Crippen LogP contribution in [0, 0.1) is 6.92 Å². The summed E-state index contributed by atoms with van der Waals surface area (Å²) < 4.78 is 0. The first-order chi connectivity index (χ1) is 14.0. The van der Waals surface area contributed by atoms with Crippen molar-refractivity contribution in [3.8, 4) is 0 Å². The van der Waals surface area contributed by atoms with Crippen LogP contribution < -0.4 is 10.2 Å². The number of para-hydroxylation sites is 1. The van der Waals surface area contributed by atoms with Crippen LogP contribution in [0.1, 0.15) is 47.3 Å². The summed E-state index contributed by atoms with van der Waals surface area (Å²) in [5, 5.41) is 2.97. The number of rotatable bonds is 4. The number of carbonyl (C=O) groups is 3. The Kier molecular flexibility index (Phi) is 5.09. The summed E-state index contributed by atoms with van der Waals surface area (Å²) in [7, 11) is 0. The van der Waals surface area contributed by atoms with E-state index in [1.54, 1.807) is 11.0 Å². The lowest BCUT2D eigenvalue weighted by atomic mass is 10.1. The van der Waals surface area contributed by atoms with Crippen LogP contribution in [-0.2, 0) is 9.59 Å².